The van der Waals surface area contributed by atoms with Gasteiger partial charge in [-0.25, -0.2) is 0 Å². The third-order valence-corrected chi connectivity index (χ3v) is 3.98. The minimum atomic E-state index is 0. The fourth-order valence-electron chi connectivity index (χ4n) is 2.85. The number of nitrogen functional groups attached to an aromatic ring is 1. The van der Waals surface area contributed by atoms with E-state index in [4.69, 9.17) is 5.73 Å². The quantitative estimate of drug-likeness (QED) is 0.792. The summed E-state index contributed by atoms with van der Waals surface area (Å²) in [7, 11) is 0. The number of para-hydroxylation sites is 2. The largest absolute Gasteiger partial charge is 0.397 e. The number of hydrogen-bond acceptors (Lipinski definition) is 2. The predicted octanol–water partition coefficient (Wildman–Crippen LogP) is 4.38. The highest BCUT2D eigenvalue weighted by Crippen LogP contribution is 2.27. The van der Waals surface area contributed by atoms with E-state index in [0.717, 1.165) is 18.0 Å². The van der Waals surface area contributed by atoms with Crippen molar-refractivity contribution >= 4 is 29.7 Å². The second-order valence-corrected chi connectivity index (χ2v) is 5.53. The Morgan fingerprint density at radius 2 is 1.90 bits per heavy atom. The smallest absolute Gasteiger partial charge is 0.224 e. The van der Waals surface area contributed by atoms with Gasteiger partial charge in [0.25, 0.3) is 0 Å². The molecular weight excluding hydrogens is 272 g/mol. The molecule has 1 aliphatic rings. The Balaban J connectivity index is 0.00000200. The van der Waals surface area contributed by atoms with Crippen molar-refractivity contribution < 1.29 is 4.79 Å². The third kappa shape index (κ3) is 5.41. The van der Waals surface area contributed by atoms with Crippen LogP contribution in [0.2, 0.25) is 0 Å². The average Bonchev–Trinajstić information content (AvgIpc) is 2.43. The van der Waals surface area contributed by atoms with Crippen molar-refractivity contribution in [3.8, 4) is 0 Å². The zero-order valence-electron chi connectivity index (χ0n) is 11.9. The van der Waals surface area contributed by atoms with E-state index in [0.29, 0.717) is 12.1 Å². The van der Waals surface area contributed by atoms with Crippen LogP contribution in [0.25, 0.3) is 0 Å². The summed E-state index contributed by atoms with van der Waals surface area (Å²) in [4.78, 5) is 11.8. The molecule has 3 N–H and O–H groups in total. The molecule has 4 heteroatoms. The van der Waals surface area contributed by atoms with E-state index >= 15 is 0 Å². The molecule has 1 aromatic carbocycles. The number of benzene rings is 1. The minimum absolute atomic E-state index is 0. The molecule has 112 valence electrons. The zero-order chi connectivity index (χ0) is 13.5. The highest BCUT2D eigenvalue weighted by Gasteiger charge is 2.13. The molecule has 1 fully saturated rings. The Bertz CT molecular complexity index is 417. The fraction of sp³-hybridized carbons (Fsp3) is 0.562. The molecule has 1 aliphatic carbocycles. The molecule has 0 heterocycles. The summed E-state index contributed by atoms with van der Waals surface area (Å²) >= 11 is 0. The van der Waals surface area contributed by atoms with E-state index < -0.39 is 0 Å². The van der Waals surface area contributed by atoms with E-state index in [9.17, 15) is 4.79 Å². The van der Waals surface area contributed by atoms with E-state index in [-0.39, 0.29) is 18.3 Å². The molecule has 0 atom stereocenters. The van der Waals surface area contributed by atoms with Crippen molar-refractivity contribution in [2.24, 2.45) is 5.92 Å². The Labute approximate surface area is 127 Å². The van der Waals surface area contributed by atoms with Gasteiger partial charge >= 0.3 is 0 Å². The molecule has 0 bridgehead atoms. The van der Waals surface area contributed by atoms with Crippen LogP contribution in [0.4, 0.5) is 11.4 Å². The topological polar surface area (TPSA) is 55.1 Å². The lowest BCUT2D eigenvalue weighted by molar-refractivity contribution is -0.116. The van der Waals surface area contributed by atoms with Gasteiger partial charge in [-0.1, -0.05) is 44.2 Å². The van der Waals surface area contributed by atoms with Gasteiger partial charge in [-0.05, 0) is 30.9 Å². The predicted molar refractivity (Wildman–Crippen MR) is 87.2 cm³/mol. The van der Waals surface area contributed by atoms with Gasteiger partial charge in [0.15, 0.2) is 0 Å². The molecule has 2 rings (SSSR count). The lowest BCUT2D eigenvalue weighted by Crippen LogP contribution is -2.13. The minimum Gasteiger partial charge on any atom is -0.397 e. The van der Waals surface area contributed by atoms with Crippen molar-refractivity contribution in [3.05, 3.63) is 24.3 Å². The second kappa shape index (κ2) is 8.85. The molecular formula is C16H25ClN2O. The van der Waals surface area contributed by atoms with Crippen LogP contribution in [-0.4, -0.2) is 5.91 Å². The lowest BCUT2D eigenvalue weighted by Gasteiger charge is -2.21. The Morgan fingerprint density at radius 1 is 1.20 bits per heavy atom. The fourth-order valence-corrected chi connectivity index (χ4v) is 2.85. The van der Waals surface area contributed by atoms with E-state index in [1.54, 1.807) is 6.07 Å². The first-order valence-electron chi connectivity index (χ1n) is 7.40. The molecule has 0 aromatic heterocycles. The maximum Gasteiger partial charge on any atom is 0.224 e. The summed E-state index contributed by atoms with van der Waals surface area (Å²) in [6, 6.07) is 7.40. The van der Waals surface area contributed by atoms with Gasteiger partial charge < -0.3 is 11.1 Å². The number of halogens is 1. The summed E-state index contributed by atoms with van der Waals surface area (Å²) in [5.74, 6) is 0.928. The van der Waals surface area contributed by atoms with Crippen LogP contribution in [0, 0.1) is 5.92 Å². The molecule has 1 saturated carbocycles. The normalized spacial score (nSPS) is 15.4. The van der Waals surface area contributed by atoms with Crippen LogP contribution in [0.3, 0.4) is 0 Å². The van der Waals surface area contributed by atoms with Crippen molar-refractivity contribution in [2.75, 3.05) is 11.1 Å². The standard InChI is InChI=1S/C16H24N2O.ClH/c17-14-10-4-5-11-15(14)18-16(19)12-6-9-13-7-2-1-3-8-13;/h4-5,10-11,13H,1-3,6-9,12,17H2,(H,18,19);1H. The molecule has 20 heavy (non-hydrogen) atoms. The van der Waals surface area contributed by atoms with E-state index in [2.05, 4.69) is 5.32 Å². The Kier molecular flexibility index (Phi) is 7.45. The first-order valence-corrected chi connectivity index (χ1v) is 7.40. The van der Waals surface area contributed by atoms with Gasteiger partial charge in [0.05, 0.1) is 11.4 Å². The SMILES string of the molecule is Cl.Nc1ccccc1NC(=O)CCCC1CCCCC1. The number of rotatable bonds is 5. The van der Waals surface area contributed by atoms with Crippen LogP contribution in [0.15, 0.2) is 24.3 Å². The average molecular weight is 297 g/mol. The number of nitrogens with one attached hydrogen (secondary N) is 1. The van der Waals surface area contributed by atoms with Crippen LogP contribution >= 0.6 is 12.4 Å². The summed E-state index contributed by atoms with van der Waals surface area (Å²) in [5.41, 5.74) is 7.15. The first-order chi connectivity index (χ1) is 9.25. The van der Waals surface area contributed by atoms with Crippen molar-refractivity contribution in [3.63, 3.8) is 0 Å². The van der Waals surface area contributed by atoms with Crippen molar-refractivity contribution in [1.82, 2.24) is 0 Å². The summed E-state index contributed by atoms with van der Waals surface area (Å²) < 4.78 is 0. The van der Waals surface area contributed by atoms with Crippen LogP contribution in [-0.2, 0) is 4.79 Å². The number of carbonyl (C=O) groups excluding carboxylic acids is 1. The summed E-state index contributed by atoms with van der Waals surface area (Å²) in [6.07, 6.45) is 9.63. The molecule has 1 aromatic rings. The maximum absolute atomic E-state index is 11.8. The van der Waals surface area contributed by atoms with Gasteiger partial charge in [0.2, 0.25) is 5.91 Å². The van der Waals surface area contributed by atoms with E-state index in [1.807, 2.05) is 18.2 Å². The van der Waals surface area contributed by atoms with Gasteiger partial charge in [-0.15, -0.1) is 12.4 Å². The number of amides is 1. The van der Waals surface area contributed by atoms with E-state index in [1.165, 1.54) is 38.5 Å². The highest BCUT2D eigenvalue weighted by molar-refractivity contribution is 5.93. The highest BCUT2D eigenvalue weighted by atomic mass is 35.5. The number of anilines is 2. The van der Waals surface area contributed by atoms with Gasteiger partial charge in [-0.2, -0.15) is 0 Å². The molecule has 3 nitrogen and oxygen atoms in total. The molecule has 1 amide bonds. The second-order valence-electron chi connectivity index (χ2n) is 5.53. The number of nitrogens with two attached hydrogens (primary N) is 1. The third-order valence-electron chi connectivity index (χ3n) is 3.98. The Morgan fingerprint density at radius 3 is 2.60 bits per heavy atom. The maximum atomic E-state index is 11.8. The molecule has 0 saturated heterocycles. The number of hydrogen-bond donors (Lipinski definition) is 2. The van der Waals surface area contributed by atoms with Gasteiger partial charge in [0, 0.05) is 6.42 Å². The van der Waals surface area contributed by atoms with Crippen molar-refractivity contribution in [1.29, 1.82) is 0 Å². The van der Waals surface area contributed by atoms with Crippen LogP contribution < -0.4 is 11.1 Å². The Hall–Kier alpha value is -1.22. The number of carbonyl (C=O) groups is 1. The molecule has 0 aliphatic heterocycles. The van der Waals surface area contributed by atoms with Gasteiger partial charge in [0.1, 0.15) is 0 Å². The lowest BCUT2D eigenvalue weighted by atomic mass is 9.86. The summed E-state index contributed by atoms with van der Waals surface area (Å²) in [5, 5.41) is 2.88. The van der Waals surface area contributed by atoms with Crippen molar-refractivity contribution in [2.45, 2.75) is 51.4 Å². The molecule has 0 unspecified atom stereocenters. The van der Waals surface area contributed by atoms with Crippen LogP contribution in [0.5, 0.6) is 0 Å². The molecule has 0 radical (unpaired) electrons. The van der Waals surface area contributed by atoms with Gasteiger partial charge in [-0.3, -0.25) is 4.79 Å². The first kappa shape index (κ1) is 16.8. The molecule has 0 spiro atoms. The zero-order valence-corrected chi connectivity index (χ0v) is 12.8. The summed E-state index contributed by atoms with van der Waals surface area (Å²) in [6.45, 7) is 0. The van der Waals surface area contributed by atoms with Crippen LogP contribution in [0.1, 0.15) is 51.4 Å². The monoisotopic (exact) mass is 296 g/mol.